The molecule has 1 heterocycles. The zero-order chi connectivity index (χ0) is 11.8. The van der Waals surface area contributed by atoms with E-state index in [1.165, 1.54) is 29.3 Å². The normalized spacial score (nSPS) is 12.2. The van der Waals surface area contributed by atoms with Gasteiger partial charge < -0.3 is 4.57 Å². The molecule has 0 fully saturated rings. The molecule has 0 spiro atoms. The van der Waals surface area contributed by atoms with Crippen LogP contribution in [0.5, 0.6) is 0 Å². The second-order valence-corrected chi connectivity index (χ2v) is 5.26. The topological polar surface area (TPSA) is 4.93 Å². The minimum absolute atomic E-state index is 0.211. The van der Waals surface area contributed by atoms with Crippen molar-refractivity contribution in [3.8, 4) is 0 Å². The van der Waals surface area contributed by atoms with Crippen LogP contribution in [0.3, 0.4) is 0 Å². The Kier molecular flexibility index (Phi) is 2.79. The monoisotopic (exact) mass is 215 g/mol. The third kappa shape index (κ3) is 1.75. The first-order valence-corrected chi connectivity index (χ1v) is 6.13. The van der Waals surface area contributed by atoms with Crippen molar-refractivity contribution in [3.05, 3.63) is 36.0 Å². The van der Waals surface area contributed by atoms with E-state index in [0.29, 0.717) is 0 Å². The summed E-state index contributed by atoms with van der Waals surface area (Å²) < 4.78 is 2.43. The Morgan fingerprint density at radius 3 is 2.56 bits per heavy atom. The number of fused-ring (bicyclic) bond motifs is 1. The zero-order valence-corrected chi connectivity index (χ0v) is 10.7. The van der Waals surface area contributed by atoms with Crippen molar-refractivity contribution in [2.24, 2.45) is 0 Å². The van der Waals surface area contributed by atoms with Gasteiger partial charge in [-0.15, -0.1) is 0 Å². The molecule has 2 rings (SSSR count). The maximum absolute atomic E-state index is 2.43. The van der Waals surface area contributed by atoms with Crippen molar-refractivity contribution in [3.63, 3.8) is 0 Å². The summed E-state index contributed by atoms with van der Waals surface area (Å²) in [6, 6.07) is 8.68. The molecule has 2 aromatic rings. The Labute approximate surface area is 98.1 Å². The van der Waals surface area contributed by atoms with E-state index < -0.39 is 0 Å². The van der Waals surface area contributed by atoms with Gasteiger partial charge >= 0.3 is 0 Å². The largest absolute Gasteiger partial charge is 0.342 e. The van der Waals surface area contributed by atoms with E-state index in [9.17, 15) is 0 Å². The quantitative estimate of drug-likeness (QED) is 0.711. The number of para-hydroxylation sites is 1. The van der Waals surface area contributed by atoms with Crippen molar-refractivity contribution in [2.45, 2.75) is 46.1 Å². The highest BCUT2D eigenvalue weighted by Crippen LogP contribution is 2.29. The van der Waals surface area contributed by atoms with Gasteiger partial charge in [0.1, 0.15) is 0 Å². The smallest absolute Gasteiger partial charge is 0.0488 e. The van der Waals surface area contributed by atoms with Gasteiger partial charge in [0.2, 0.25) is 0 Å². The van der Waals surface area contributed by atoms with Crippen molar-refractivity contribution in [1.82, 2.24) is 4.57 Å². The molecule has 0 saturated carbocycles. The molecule has 0 atom stereocenters. The van der Waals surface area contributed by atoms with E-state index in [2.05, 4.69) is 62.7 Å². The molecule has 0 saturated heterocycles. The zero-order valence-electron chi connectivity index (χ0n) is 10.7. The second kappa shape index (κ2) is 3.97. The number of rotatable bonds is 3. The Morgan fingerprint density at radius 1 is 1.19 bits per heavy atom. The first-order valence-electron chi connectivity index (χ1n) is 6.13. The van der Waals surface area contributed by atoms with Crippen LogP contribution in [-0.4, -0.2) is 4.57 Å². The van der Waals surface area contributed by atoms with Crippen LogP contribution in [0, 0.1) is 6.92 Å². The molecule has 16 heavy (non-hydrogen) atoms. The van der Waals surface area contributed by atoms with Gasteiger partial charge in [0.25, 0.3) is 0 Å². The first kappa shape index (κ1) is 11.3. The van der Waals surface area contributed by atoms with Crippen LogP contribution in [0.1, 0.15) is 39.2 Å². The Bertz CT molecular complexity index is 491. The maximum atomic E-state index is 2.43. The van der Waals surface area contributed by atoms with E-state index >= 15 is 0 Å². The molecule has 1 heteroatoms. The van der Waals surface area contributed by atoms with Crippen LogP contribution >= 0.6 is 0 Å². The van der Waals surface area contributed by atoms with Gasteiger partial charge in [-0.05, 0) is 38.8 Å². The van der Waals surface area contributed by atoms with Gasteiger partial charge in [-0.1, -0.05) is 31.5 Å². The number of hydrogen-bond donors (Lipinski definition) is 0. The summed E-state index contributed by atoms with van der Waals surface area (Å²) in [7, 11) is 0. The minimum Gasteiger partial charge on any atom is -0.342 e. The van der Waals surface area contributed by atoms with Gasteiger partial charge in [0.15, 0.2) is 0 Å². The maximum Gasteiger partial charge on any atom is 0.0488 e. The molecule has 0 N–H and O–H groups in total. The van der Waals surface area contributed by atoms with E-state index in [-0.39, 0.29) is 5.54 Å². The van der Waals surface area contributed by atoms with Crippen molar-refractivity contribution < 1.29 is 0 Å². The number of hydrogen-bond acceptors (Lipinski definition) is 0. The van der Waals surface area contributed by atoms with E-state index in [1.807, 2.05) is 0 Å². The summed E-state index contributed by atoms with van der Waals surface area (Å²) in [4.78, 5) is 0. The van der Waals surface area contributed by atoms with Crippen LogP contribution in [0.15, 0.2) is 30.5 Å². The highest BCUT2D eigenvalue weighted by Gasteiger charge is 2.21. The van der Waals surface area contributed by atoms with E-state index in [4.69, 9.17) is 0 Å². The molecule has 1 aromatic heterocycles. The van der Waals surface area contributed by atoms with Gasteiger partial charge in [0.05, 0.1) is 0 Å². The molecule has 0 radical (unpaired) electrons. The van der Waals surface area contributed by atoms with Crippen LogP contribution in [0.2, 0.25) is 0 Å². The summed E-state index contributed by atoms with van der Waals surface area (Å²) in [5.41, 5.74) is 2.95. The van der Waals surface area contributed by atoms with E-state index in [1.54, 1.807) is 0 Å². The summed E-state index contributed by atoms with van der Waals surface area (Å²) in [6.07, 6.45) is 4.73. The summed E-state index contributed by atoms with van der Waals surface area (Å²) in [6.45, 7) is 9.09. The molecule has 0 aliphatic carbocycles. The molecule has 0 amide bonds. The van der Waals surface area contributed by atoms with Gasteiger partial charge in [0, 0.05) is 22.6 Å². The predicted octanol–water partition coefficient (Wildman–Crippen LogP) is 4.48. The molecule has 0 aliphatic heterocycles. The Hall–Kier alpha value is -1.24. The lowest BCUT2D eigenvalue weighted by atomic mass is 9.98. The average molecular weight is 215 g/mol. The second-order valence-electron chi connectivity index (χ2n) is 5.26. The van der Waals surface area contributed by atoms with E-state index in [0.717, 1.165) is 0 Å². The Morgan fingerprint density at radius 2 is 1.88 bits per heavy atom. The molecular formula is C15H21N. The standard InChI is InChI=1S/C15H21N/c1-5-10-15(3,4)16-11-12(2)13-8-6-7-9-14(13)16/h6-9,11H,5,10H2,1-4H3. The first-order chi connectivity index (χ1) is 7.56. The lowest BCUT2D eigenvalue weighted by Gasteiger charge is -2.27. The number of aromatic nitrogens is 1. The Balaban J connectivity index is 2.61. The number of nitrogens with zero attached hydrogens (tertiary/aromatic N) is 1. The van der Waals surface area contributed by atoms with Crippen LogP contribution in [0.4, 0.5) is 0 Å². The SMILES string of the molecule is CCCC(C)(C)n1cc(C)c2ccccc21. The lowest BCUT2D eigenvalue weighted by Crippen LogP contribution is -2.24. The average Bonchev–Trinajstić information content (AvgIpc) is 2.58. The summed E-state index contributed by atoms with van der Waals surface area (Å²) in [5, 5.41) is 1.38. The third-order valence-electron chi connectivity index (χ3n) is 3.43. The lowest BCUT2D eigenvalue weighted by molar-refractivity contribution is 0.334. The van der Waals surface area contributed by atoms with Crippen molar-refractivity contribution in [2.75, 3.05) is 0 Å². The van der Waals surface area contributed by atoms with Gasteiger partial charge in [-0.3, -0.25) is 0 Å². The highest BCUT2D eigenvalue weighted by molar-refractivity contribution is 5.83. The van der Waals surface area contributed by atoms with Crippen LogP contribution in [0.25, 0.3) is 10.9 Å². The predicted molar refractivity (Wildman–Crippen MR) is 70.9 cm³/mol. The fraction of sp³-hybridized carbons (Fsp3) is 0.467. The molecule has 86 valence electrons. The summed E-state index contributed by atoms with van der Waals surface area (Å²) in [5.74, 6) is 0. The van der Waals surface area contributed by atoms with Gasteiger partial charge in [-0.25, -0.2) is 0 Å². The third-order valence-corrected chi connectivity index (χ3v) is 3.43. The fourth-order valence-electron chi connectivity index (χ4n) is 2.58. The van der Waals surface area contributed by atoms with Crippen molar-refractivity contribution in [1.29, 1.82) is 0 Å². The number of aryl methyl sites for hydroxylation is 1. The van der Waals surface area contributed by atoms with Crippen molar-refractivity contribution >= 4 is 10.9 Å². The molecule has 0 unspecified atom stereocenters. The van der Waals surface area contributed by atoms with Crippen LogP contribution < -0.4 is 0 Å². The number of benzene rings is 1. The highest BCUT2D eigenvalue weighted by atomic mass is 15.0. The van der Waals surface area contributed by atoms with Gasteiger partial charge in [-0.2, -0.15) is 0 Å². The molecule has 0 bridgehead atoms. The molecule has 1 nitrogen and oxygen atoms in total. The minimum atomic E-state index is 0.211. The van der Waals surface area contributed by atoms with Crippen LogP contribution in [-0.2, 0) is 5.54 Å². The fourth-order valence-corrected chi connectivity index (χ4v) is 2.58. The molecular weight excluding hydrogens is 194 g/mol. The molecule has 1 aromatic carbocycles. The summed E-state index contributed by atoms with van der Waals surface area (Å²) >= 11 is 0. The molecule has 0 aliphatic rings.